The lowest BCUT2D eigenvalue weighted by Gasteiger charge is -2.00. The van der Waals surface area contributed by atoms with Crippen molar-refractivity contribution in [1.82, 2.24) is 4.98 Å². The number of hydrogen-bond donors (Lipinski definition) is 0. The molecule has 1 aromatic heterocycles. The normalized spacial score (nSPS) is 11.7. The summed E-state index contributed by atoms with van der Waals surface area (Å²) < 4.78 is 0. The molecule has 19 heavy (non-hydrogen) atoms. The molecule has 0 saturated heterocycles. The zero-order valence-corrected chi connectivity index (χ0v) is 12.2. The van der Waals surface area contributed by atoms with Crippen molar-refractivity contribution in [2.75, 3.05) is 0 Å². The van der Waals surface area contributed by atoms with Crippen LogP contribution < -0.4 is 0 Å². The first-order chi connectivity index (χ1) is 9.10. The van der Waals surface area contributed by atoms with Gasteiger partial charge in [0.05, 0.1) is 11.3 Å². The van der Waals surface area contributed by atoms with Crippen LogP contribution in [0.4, 0.5) is 0 Å². The molecule has 0 aliphatic heterocycles. The van der Waals surface area contributed by atoms with E-state index in [1.807, 2.05) is 32.0 Å². The second-order valence-corrected chi connectivity index (χ2v) is 6.28. The molecule has 1 aromatic carbocycles. The topological polar surface area (TPSA) is 36.7 Å². The maximum absolute atomic E-state index is 9.21. The fraction of sp³-hybridized carbons (Fsp3) is 0.200. The largest absolute Gasteiger partial charge is 0.235 e. The van der Waals surface area contributed by atoms with Crippen LogP contribution in [0.5, 0.6) is 0 Å². The Labute approximate surface area is 121 Å². The van der Waals surface area contributed by atoms with Crippen molar-refractivity contribution in [2.45, 2.75) is 20.3 Å². The fourth-order valence-electron chi connectivity index (χ4n) is 2.27. The van der Waals surface area contributed by atoms with Crippen LogP contribution >= 0.6 is 22.9 Å². The summed E-state index contributed by atoms with van der Waals surface area (Å²) in [5, 5.41) is 10.8. The highest BCUT2D eigenvalue weighted by Gasteiger charge is 2.24. The van der Waals surface area contributed by atoms with Gasteiger partial charge in [-0.3, -0.25) is 0 Å². The molecule has 2 nitrogen and oxygen atoms in total. The average molecular weight is 287 g/mol. The first-order valence-corrected chi connectivity index (χ1v) is 7.16. The summed E-state index contributed by atoms with van der Waals surface area (Å²) in [5.74, 6) is 0. The minimum atomic E-state index is 0.690. The van der Waals surface area contributed by atoms with Crippen LogP contribution in [-0.4, -0.2) is 4.98 Å². The average Bonchev–Trinajstić information content (AvgIpc) is 2.86. The van der Waals surface area contributed by atoms with Crippen molar-refractivity contribution in [3.8, 4) is 17.3 Å². The van der Waals surface area contributed by atoms with E-state index in [-0.39, 0.29) is 0 Å². The first-order valence-electron chi connectivity index (χ1n) is 5.96. The molecule has 1 aliphatic rings. The second kappa shape index (κ2) is 4.48. The highest BCUT2D eigenvalue weighted by molar-refractivity contribution is 7.13. The molecular formula is C15H11ClN2S. The summed E-state index contributed by atoms with van der Waals surface area (Å²) >= 11 is 7.62. The van der Waals surface area contributed by atoms with Gasteiger partial charge in [-0.05, 0) is 31.5 Å². The van der Waals surface area contributed by atoms with E-state index < -0.39 is 0 Å². The summed E-state index contributed by atoms with van der Waals surface area (Å²) in [4.78, 5) is 5.87. The zero-order chi connectivity index (χ0) is 13.6. The molecule has 0 spiro atoms. The summed E-state index contributed by atoms with van der Waals surface area (Å²) in [7, 11) is 0. The molecule has 0 fully saturated rings. The molecule has 0 bridgehead atoms. The lowest BCUT2D eigenvalue weighted by Crippen LogP contribution is -1.85. The Balaban J connectivity index is 2.13. The SMILES string of the molecule is CC(C)=C(C#N)c1nc2c(s1)Cc1cc(Cl)ccc1-2. The molecule has 0 amide bonds. The van der Waals surface area contributed by atoms with E-state index >= 15 is 0 Å². The number of hydrogen-bond acceptors (Lipinski definition) is 3. The molecule has 94 valence electrons. The van der Waals surface area contributed by atoms with Gasteiger partial charge in [-0.2, -0.15) is 5.26 Å². The van der Waals surface area contributed by atoms with Crippen LogP contribution in [0.2, 0.25) is 5.02 Å². The van der Waals surface area contributed by atoms with Crippen LogP contribution in [-0.2, 0) is 6.42 Å². The lowest BCUT2D eigenvalue weighted by molar-refractivity contribution is 1.30. The van der Waals surface area contributed by atoms with Crippen LogP contribution in [0.1, 0.15) is 29.3 Å². The Morgan fingerprint density at radius 1 is 1.42 bits per heavy atom. The summed E-state index contributed by atoms with van der Waals surface area (Å²) in [5.41, 5.74) is 5.08. The van der Waals surface area contributed by atoms with Gasteiger partial charge in [-0.25, -0.2) is 4.98 Å². The number of nitriles is 1. The third-order valence-electron chi connectivity index (χ3n) is 3.20. The molecule has 3 rings (SSSR count). The van der Waals surface area contributed by atoms with Crippen LogP contribution in [0.25, 0.3) is 16.8 Å². The fourth-order valence-corrected chi connectivity index (χ4v) is 3.67. The van der Waals surface area contributed by atoms with Crippen LogP contribution in [0, 0.1) is 11.3 Å². The molecule has 1 aliphatic carbocycles. The lowest BCUT2D eigenvalue weighted by atomic mass is 10.1. The standard InChI is InChI=1S/C15H11ClN2S/c1-8(2)12(7-17)15-18-14-11-4-3-10(16)5-9(11)6-13(14)19-15/h3-5H,6H2,1-2H3. The minimum Gasteiger partial charge on any atom is -0.235 e. The highest BCUT2D eigenvalue weighted by Crippen LogP contribution is 2.41. The molecule has 2 aromatic rings. The predicted octanol–water partition coefficient (Wildman–Crippen LogP) is 4.68. The second-order valence-electron chi connectivity index (χ2n) is 4.76. The van der Waals surface area contributed by atoms with E-state index in [4.69, 9.17) is 11.6 Å². The maximum Gasteiger partial charge on any atom is 0.134 e. The zero-order valence-electron chi connectivity index (χ0n) is 10.6. The quantitative estimate of drug-likeness (QED) is 0.609. The number of allylic oxidation sites excluding steroid dienone is 2. The Hall–Kier alpha value is -1.63. The van der Waals surface area contributed by atoms with Crippen molar-refractivity contribution < 1.29 is 0 Å². The Kier molecular flexibility index (Phi) is 2.93. The van der Waals surface area contributed by atoms with Gasteiger partial charge in [-0.15, -0.1) is 11.3 Å². The highest BCUT2D eigenvalue weighted by atomic mass is 35.5. The van der Waals surface area contributed by atoms with Gasteiger partial charge < -0.3 is 0 Å². The van der Waals surface area contributed by atoms with Crippen molar-refractivity contribution in [3.05, 3.63) is 44.2 Å². The van der Waals surface area contributed by atoms with E-state index in [0.717, 1.165) is 33.3 Å². The maximum atomic E-state index is 9.21. The summed E-state index contributed by atoms with van der Waals surface area (Å²) in [6.07, 6.45) is 0.865. The van der Waals surface area contributed by atoms with Crippen molar-refractivity contribution in [2.24, 2.45) is 0 Å². The predicted molar refractivity (Wildman–Crippen MR) is 79.2 cm³/mol. The van der Waals surface area contributed by atoms with E-state index in [2.05, 4.69) is 11.1 Å². The van der Waals surface area contributed by atoms with Gasteiger partial charge in [0.2, 0.25) is 0 Å². The summed E-state index contributed by atoms with van der Waals surface area (Å²) in [6.45, 7) is 3.89. The van der Waals surface area contributed by atoms with E-state index in [9.17, 15) is 5.26 Å². The number of rotatable bonds is 1. The van der Waals surface area contributed by atoms with Crippen LogP contribution in [0.15, 0.2) is 23.8 Å². The molecule has 0 saturated carbocycles. The van der Waals surface area contributed by atoms with Gasteiger partial charge >= 0.3 is 0 Å². The first kappa shape index (κ1) is 12.4. The molecule has 0 N–H and O–H groups in total. The van der Waals surface area contributed by atoms with E-state index in [0.29, 0.717) is 5.57 Å². The molecule has 4 heteroatoms. The third-order valence-corrected chi connectivity index (χ3v) is 4.50. The number of nitrogens with zero attached hydrogens (tertiary/aromatic N) is 2. The smallest absolute Gasteiger partial charge is 0.134 e. The minimum absolute atomic E-state index is 0.690. The molecule has 0 radical (unpaired) electrons. The summed E-state index contributed by atoms with van der Waals surface area (Å²) in [6, 6.07) is 8.15. The van der Waals surface area contributed by atoms with Gasteiger partial charge in [0.15, 0.2) is 0 Å². The number of benzene rings is 1. The van der Waals surface area contributed by atoms with Crippen molar-refractivity contribution in [1.29, 1.82) is 5.26 Å². The number of fused-ring (bicyclic) bond motifs is 3. The van der Waals surface area contributed by atoms with Crippen molar-refractivity contribution >= 4 is 28.5 Å². The molecule has 0 atom stereocenters. The number of aromatic nitrogens is 1. The number of halogens is 1. The molecule has 0 unspecified atom stereocenters. The molecular weight excluding hydrogens is 276 g/mol. The number of thiazole rings is 1. The monoisotopic (exact) mass is 286 g/mol. The van der Waals surface area contributed by atoms with Crippen molar-refractivity contribution in [3.63, 3.8) is 0 Å². The Morgan fingerprint density at radius 3 is 2.89 bits per heavy atom. The van der Waals surface area contributed by atoms with Gasteiger partial charge in [0, 0.05) is 21.9 Å². The van der Waals surface area contributed by atoms with E-state index in [1.54, 1.807) is 11.3 Å². The van der Waals surface area contributed by atoms with Gasteiger partial charge in [0.25, 0.3) is 0 Å². The Bertz CT molecular complexity index is 746. The van der Waals surface area contributed by atoms with Gasteiger partial charge in [-0.1, -0.05) is 23.2 Å². The molecule has 1 heterocycles. The van der Waals surface area contributed by atoms with Gasteiger partial charge in [0.1, 0.15) is 11.1 Å². The van der Waals surface area contributed by atoms with Crippen LogP contribution in [0.3, 0.4) is 0 Å². The Morgan fingerprint density at radius 2 is 2.21 bits per heavy atom. The third kappa shape index (κ3) is 1.98. The van der Waals surface area contributed by atoms with E-state index in [1.165, 1.54) is 10.4 Å².